The van der Waals surface area contributed by atoms with Gasteiger partial charge in [-0.15, -0.1) is 5.10 Å². The van der Waals surface area contributed by atoms with E-state index in [1.807, 2.05) is 16.3 Å². The Labute approximate surface area is 127 Å². The number of halogens is 1. The minimum absolute atomic E-state index is 0.105. The van der Waals surface area contributed by atoms with Crippen molar-refractivity contribution in [3.8, 4) is 0 Å². The summed E-state index contributed by atoms with van der Waals surface area (Å²) in [6, 6.07) is 0. The van der Waals surface area contributed by atoms with Gasteiger partial charge < -0.3 is 5.73 Å². The quantitative estimate of drug-likeness (QED) is 0.931. The van der Waals surface area contributed by atoms with Crippen molar-refractivity contribution in [2.75, 3.05) is 5.73 Å². The molecule has 2 rings (SSSR count). The van der Waals surface area contributed by atoms with Crippen LogP contribution < -0.4 is 5.73 Å². The maximum Gasteiger partial charge on any atom is 0.169 e. The number of aromatic nitrogens is 5. The van der Waals surface area contributed by atoms with Crippen molar-refractivity contribution in [2.24, 2.45) is 0 Å². The highest BCUT2D eigenvalue weighted by Crippen LogP contribution is 2.28. The van der Waals surface area contributed by atoms with Gasteiger partial charge in [0.15, 0.2) is 5.82 Å². The van der Waals surface area contributed by atoms with Crippen molar-refractivity contribution in [1.29, 1.82) is 0 Å². The third kappa shape index (κ3) is 2.59. The van der Waals surface area contributed by atoms with Crippen molar-refractivity contribution in [3.05, 3.63) is 21.6 Å². The molecule has 2 aromatic heterocycles. The topological polar surface area (TPSA) is 74.5 Å². The molecule has 0 saturated heterocycles. The Morgan fingerprint density at radius 2 is 1.90 bits per heavy atom. The molecule has 0 spiro atoms. The average molecular weight is 341 g/mol. The second-order valence-electron chi connectivity index (χ2n) is 5.89. The van der Waals surface area contributed by atoms with E-state index in [4.69, 9.17) is 5.73 Å². The first kappa shape index (κ1) is 15.0. The van der Waals surface area contributed by atoms with Crippen LogP contribution in [0.25, 0.3) is 0 Å². The highest BCUT2D eigenvalue weighted by Gasteiger charge is 2.25. The normalized spacial score (nSPS) is 12.1. The summed E-state index contributed by atoms with van der Waals surface area (Å²) in [5.41, 5.74) is 8.87. The van der Waals surface area contributed by atoms with Crippen molar-refractivity contribution in [1.82, 2.24) is 24.8 Å². The molecule has 110 valence electrons. The zero-order valence-corrected chi connectivity index (χ0v) is 14.2. The Morgan fingerprint density at radius 3 is 2.45 bits per heavy atom. The van der Waals surface area contributed by atoms with Crippen molar-refractivity contribution in [3.63, 3.8) is 0 Å². The summed E-state index contributed by atoms with van der Waals surface area (Å²) in [6.07, 6.45) is 0. The van der Waals surface area contributed by atoms with E-state index < -0.39 is 0 Å². The third-order valence-corrected chi connectivity index (χ3v) is 4.26. The molecule has 0 amide bonds. The zero-order chi connectivity index (χ0) is 15.1. The second kappa shape index (κ2) is 5.20. The zero-order valence-electron chi connectivity index (χ0n) is 12.6. The van der Waals surface area contributed by atoms with E-state index >= 15 is 0 Å². The number of nitrogens with zero attached hydrogens (tertiary/aromatic N) is 5. The van der Waals surface area contributed by atoms with Gasteiger partial charge in [0.05, 0.1) is 28.1 Å². The van der Waals surface area contributed by atoms with Gasteiger partial charge in [-0.05, 0) is 29.8 Å². The van der Waals surface area contributed by atoms with Crippen molar-refractivity contribution >= 4 is 21.7 Å². The van der Waals surface area contributed by atoms with E-state index in [9.17, 15) is 0 Å². The number of nitrogens with two attached hydrogens (primary N) is 1. The van der Waals surface area contributed by atoms with Gasteiger partial charge in [-0.25, -0.2) is 4.68 Å². The first-order chi connectivity index (χ1) is 9.25. The summed E-state index contributed by atoms with van der Waals surface area (Å²) in [7, 11) is 0. The molecular weight excluding hydrogens is 320 g/mol. The van der Waals surface area contributed by atoms with E-state index in [2.05, 4.69) is 59.0 Å². The summed E-state index contributed by atoms with van der Waals surface area (Å²) in [5, 5.41) is 12.7. The van der Waals surface area contributed by atoms with E-state index in [0.717, 1.165) is 28.1 Å². The van der Waals surface area contributed by atoms with Crippen LogP contribution in [0.3, 0.4) is 0 Å². The SMILES string of the molecule is CCn1nc(C)c(Br)c1Cn1nnc(N)c1C(C)(C)C. The molecule has 0 aliphatic heterocycles. The Balaban J connectivity index is 2.46. The van der Waals surface area contributed by atoms with Crippen LogP contribution >= 0.6 is 15.9 Å². The van der Waals surface area contributed by atoms with Gasteiger partial charge in [-0.2, -0.15) is 5.10 Å². The number of hydrogen-bond donors (Lipinski definition) is 1. The number of anilines is 1. The molecule has 0 unspecified atom stereocenters. The van der Waals surface area contributed by atoms with Gasteiger partial charge in [0.1, 0.15) is 0 Å². The molecule has 2 N–H and O–H groups in total. The summed E-state index contributed by atoms with van der Waals surface area (Å²) in [5.74, 6) is 0.493. The Kier molecular flexibility index (Phi) is 3.90. The molecule has 0 bridgehead atoms. The molecule has 0 saturated carbocycles. The molecule has 0 aromatic carbocycles. The van der Waals surface area contributed by atoms with Crippen LogP contribution in [0.15, 0.2) is 4.47 Å². The highest BCUT2D eigenvalue weighted by molar-refractivity contribution is 9.10. The maximum absolute atomic E-state index is 5.97. The molecule has 6 nitrogen and oxygen atoms in total. The molecule has 0 aliphatic rings. The largest absolute Gasteiger partial charge is 0.381 e. The van der Waals surface area contributed by atoms with Crippen LogP contribution in [0, 0.1) is 6.92 Å². The number of aryl methyl sites for hydroxylation is 2. The molecular formula is C13H21BrN6. The van der Waals surface area contributed by atoms with Gasteiger partial charge in [0, 0.05) is 12.0 Å². The third-order valence-electron chi connectivity index (χ3n) is 3.22. The van der Waals surface area contributed by atoms with Crippen LogP contribution in [0.2, 0.25) is 0 Å². The fourth-order valence-electron chi connectivity index (χ4n) is 2.37. The predicted octanol–water partition coefficient (Wildman–Crippen LogP) is 2.49. The molecule has 0 radical (unpaired) electrons. The Bertz CT molecular complexity index is 620. The first-order valence-electron chi connectivity index (χ1n) is 6.67. The summed E-state index contributed by atoms with van der Waals surface area (Å²) in [6.45, 7) is 11.8. The maximum atomic E-state index is 5.97. The number of hydrogen-bond acceptors (Lipinski definition) is 4. The number of rotatable bonds is 3. The summed E-state index contributed by atoms with van der Waals surface area (Å²) in [4.78, 5) is 0. The average Bonchev–Trinajstić information content (AvgIpc) is 2.84. The van der Waals surface area contributed by atoms with E-state index in [0.29, 0.717) is 12.4 Å². The van der Waals surface area contributed by atoms with Crippen LogP contribution in [0.5, 0.6) is 0 Å². The Morgan fingerprint density at radius 1 is 1.25 bits per heavy atom. The molecule has 0 aliphatic carbocycles. The van der Waals surface area contributed by atoms with Crippen LogP contribution in [0.1, 0.15) is 44.8 Å². The molecule has 0 fully saturated rings. The monoisotopic (exact) mass is 340 g/mol. The predicted molar refractivity (Wildman–Crippen MR) is 82.6 cm³/mol. The van der Waals surface area contributed by atoms with Gasteiger partial charge in [0.25, 0.3) is 0 Å². The Hall–Kier alpha value is -1.37. The standard InChI is InChI=1S/C13H21BrN6/c1-6-19-9(10(14)8(2)17-19)7-20-11(13(3,4)5)12(15)16-18-20/h6-7,15H2,1-5H3. The molecule has 20 heavy (non-hydrogen) atoms. The number of nitrogen functional groups attached to an aromatic ring is 1. The van der Waals surface area contributed by atoms with E-state index in [1.54, 1.807) is 0 Å². The van der Waals surface area contributed by atoms with Gasteiger partial charge >= 0.3 is 0 Å². The fourth-order valence-corrected chi connectivity index (χ4v) is 2.78. The van der Waals surface area contributed by atoms with E-state index in [1.165, 1.54) is 0 Å². The van der Waals surface area contributed by atoms with Crippen LogP contribution in [-0.2, 0) is 18.5 Å². The van der Waals surface area contributed by atoms with Gasteiger partial charge in [-0.1, -0.05) is 26.0 Å². The van der Waals surface area contributed by atoms with E-state index in [-0.39, 0.29) is 5.41 Å². The second-order valence-corrected chi connectivity index (χ2v) is 6.69. The van der Waals surface area contributed by atoms with Crippen LogP contribution in [0.4, 0.5) is 5.82 Å². The lowest BCUT2D eigenvalue weighted by atomic mass is 9.92. The lowest BCUT2D eigenvalue weighted by Gasteiger charge is -2.20. The summed E-state index contributed by atoms with van der Waals surface area (Å²) < 4.78 is 4.86. The van der Waals surface area contributed by atoms with Crippen molar-refractivity contribution < 1.29 is 0 Å². The lowest BCUT2D eigenvalue weighted by Crippen LogP contribution is -2.21. The van der Waals surface area contributed by atoms with Crippen LogP contribution in [-0.4, -0.2) is 24.8 Å². The van der Waals surface area contributed by atoms with Crippen molar-refractivity contribution in [2.45, 2.75) is 53.1 Å². The fraction of sp³-hybridized carbons (Fsp3) is 0.615. The first-order valence-corrected chi connectivity index (χ1v) is 7.46. The van der Waals surface area contributed by atoms with Gasteiger partial charge in [0.2, 0.25) is 0 Å². The minimum Gasteiger partial charge on any atom is -0.381 e. The molecule has 2 heterocycles. The molecule has 7 heteroatoms. The lowest BCUT2D eigenvalue weighted by molar-refractivity contribution is 0.486. The van der Waals surface area contributed by atoms with Gasteiger partial charge in [-0.3, -0.25) is 4.68 Å². The highest BCUT2D eigenvalue weighted by atomic mass is 79.9. The molecule has 0 atom stereocenters. The smallest absolute Gasteiger partial charge is 0.169 e. The summed E-state index contributed by atoms with van der Waals surface area (Å²) >= 11 is 3.61. The minimum atomic E-state index is -0.105. The molecule has 2 aromatic rings.